The number of unbranched alkanes of at least 4 members (excludes halogenated alkanes) is 26. The third-order valence-corrected chi connectivity index (χ3v) is 13.4. The van der Waals surface area contributed by atoms with Crippen LogP contribution in [0.4, 0.5) is 0 Å². The summed E-state index contributed by atoms with van der Waals surface area (Å²) in [5, 5.41) is 0. The Bertz CT molecular complexity index is 1600. The number of allylic oxidation sites excluding steroid dienone is 20. The van der Waals surface area contributed by atoms with Gasteiger partial charge in [0.15, 0.2) is 6.10 Å². The maximum Gasteiger partial charge on any atom is 0.306 e. The van der Waals surface area contributed by atoms with Crippen LogP contribution in [0, 0.1) is 0 Å². The first-order chi connectivity index (χ1) is 38.0. The van der Waals surface area contributed by atoms with Gasteiger partial charge in [-0.2, -0.15) is 0 Å². The van der Waals surface area contributed by atoms with Crippen LogP contribution in [-0.2, 0) is 28.6 Å². The normalized spacial score (nSPS) is 12.9. The van der Waals surface area contributed by atoms with Crippen molar-refractivity contribution in [2.75, 3.05) is 13.2 Å². The van der Waals surface area contributed by atoms with E-state index in [-0.39, 0.29) is 31.1 Å². The number of carbonyl (C=O) groups is 3. The molecule has 0 bridgehead atoms. The fraction of sp³-hybridized carbons (Fsp3) is 0.676. The molecule has 0 saturated heterocycles. The molecule has 0 N–H and O–H groups in total. The zero-order valence-corrected chi connectivity index (χ0v) is 50.2. The Hall–Kier alpha value is -4.19. The van der Waals surface area contributed by atoms with Crippen LogP contribution in [0.3, 0.4) is 0 Å². The maximum absolute atomic E-state index is 12.9. The first-order valence-electron chi connectivity index (χ1n) is 32.0. The van der Waals surface area contributed by atoms with Crippen LogP contribution >= 0.6 is 0 Å². The average Bonchev–Trinajstić information content (AvgIpc) is 3.43. The highest BCUT2D eigenvalue weighted by molar-refractivity contribution is 5.71. The molecular formula is C71H118O6. The van der Waals surface area contributed by atoms with Crippen LogP contribution in [0.15, 0.2) is 122 Å². The van der Waals surface area contributed by atoms with E-state index in [0.717, 1.165) is 141 Å². The molecule has 0 aromatic carbocycles. The highest BCUT2D eigenvalue weighted by atomic mass is 16.6. The van der Waals surface area contributed by atoms with Gasteiger partial charge in [0.25, 0.3) is 0 Å². The summed E-state index contributed by atoms with van der Waals surface area (Å²) in [4.78, 5) is 38.2. The minimum Gasteiger partial charge on any atom is -0.462 e. The molecule has 0 aliphatic heterocycles. The number of esters is 3. The SMILES string of the molecule is CC/C=C\C/C=C\C/C=C\C/C=C\C/C=C\C/C=C\C/C=C\CCCCCCCCCCCC(=O)OCC(COC(=O)CCCCCCC/C=C\CCCCCCC)OC(=O)CCCCCCC/C=C\C/C=C\CCCC. The van der Waals surface area contributed by atoms with E-state index in [0.29, 0.717) is 19.3 Å². The molecule has 0 heterocycles. The van der Waals surface area contributed by atoms with E-state index in [9.17, 15) is 14.4 Å². The van der Waals surface area contributed by atoms with E-state index in [1.807, 2.05) is 0 Å². The summed E-state index contributed by atoms with van der Waals surface area (Å²) in [6.07, 6.45) is 89.2. The van der Waals surface area contributed by atoms with Gasteiger partial charge in [-0.15, -0.1) is 0 Å². The third-order valence-electron chi connectivity index (χ3n) is 13.4. The highest BCUT2D eigenvalue weighted by Crippen LogP contribution is 2.15. The zero-order chi connectivity index (χ0) is 55.7. The van der Waals surface area contributed by atoms with Gasteiger partial charge in [0.2, 0.25) is 0 Å². The van der Waals surface area contributed by atoms with Crippen LogP contribution in [0.1, 0.15) is 290 Å². The number of carbonyl (C=O) groups excluding carboxylic acids is 3. The van der Waals surface area contributed by atoms with Crippen LogP contribution < -0.4 is 0 Å². The lowest BCUT2D eigenvalue weighted by Gasteiger charge is -2.18. The van der Waals surface area contributed by atoms with Crippen LogP contribution in [-0.4, -0.2) is 37.2 Å². The Balaban J connectivity index is 4.29. The molecule has 0 radical (unpaired) electrons. The van der Waals surface area contributed by atoms with Crippen molar-refractivity contribution >= 4 is 17.9 Å². The minimum atomic E-state index is -0.794. The third kappa shape index (κ3) is 62.5. The number of hydrogen-bond acceptors (Lipinski definition) is 6. The molecule has 0 amide bonds. The van der Waals surface area contributed by atoms with Crippen molar-refractivity contribution in [2.45, 2.75) is 297 Å². The maximum atomic E-state index is 12.9. The summed E-state index contributed by atoms with van der Waals surface area (Å²) in [5.41, 5.74) is 0. The molecule has 438 valence electrons. The summed E-state index contributed by atoms with van der Waals surface area (Å²) in [6.45, 7) is 6.46. The molecular weight excluding hydrogens is 949 g/mol. The molecule has 77 heavy (non-hydrogen) atoms. The van der Waals surface area contributed by atoms with Crippen LogP contribution in [0.2, 0.25) is 0 Å². The van der Waals surface area contributed by atoms with Crippen molar-refractivity contribution in [3.8, 4) is 0 Å². The molecule has 0 aliphatic rings. The van der Waals surface area contributed by atoms with Gasteiger partial charge in [-0.05, 0) is 128 Å². The first-order valence-corrected chi connectivity index (χ1v) is 32.0. The quantitative estimate of drug-likeness (QED) is 0.0261. The highest BCUT2D eigenvalue weighted by Gasteiger charge is 2.19. The van der Waals surface area contributed by atoms with Crippen molar-refractivity contribution in [1.82, 2.24) is 0 Å². The predicted molar refractivity (Wildman–Crippen MR) is 334 cm³/mol. The number of hydrogen-bond donors (Lipinski definition) is 0. The predicted octanol–water partition coefficient (Wildman–Crippen LogP) is 22.0. The molecule has 6 heteroatoms. The molecule has 0 rings (SSSR count). The summed E-state index contributed by atoms with van der Waals surface area (Å²) >= 11 is 0. The van der Waals surface area contributed by atoms with E-state index < -0.39 is 6.10 Å². The molecule has 6 nitrogen and oxygen atoms in total. The second kappa shape index (κ2) is 64.3. The smallest absolute Gasteiger partial charge is 0.306 e. The monoisotopic (exact) mass is 1070 g/mol. The largest absolute Gasteiger partial charge is 0.462 e. The van der Waals surface area contributed by atoms with E-state index in [2.05, 4.69) is 142 Å². The molecule has 0 aromatic heterocycles. The Morgan fingerprint density at radius 2 is 0.519 bits per heavy atom. The molecule has 1 atom stereocenters. The number of ether oxygens (including phenoxy) is 3. The molecule has 0 aliphatic carbocycles. The van der Waals surface area contributed by atoms with Crippen LogP contribution in [0.25, 0.3) is 0 Å². The van der Waals surface area contributed by atoms with Gasteiger partial charge in [-0.1, -0.05) is 264 Å². The lowest BCUT2D eigenvalue weighted by Crippen LogP contribution is -2.30. The van der Waals surface area contributed by atoms with Gasteiger partial charge in [-0.25, -0.2) is 0 Å². The lowest BCUT2D eigenvalue weighted by molar-refractivity contribution is -0.167. The molecule has 0 spiro atoms. The zero-order valence-electron chi connectivity index (χ0n) is 50.2. The summed E-state index contributed by atoms with van der Waals surface area (Å²) < 4.78 is 16.9. The van der Waals surface area contributed by atoms with Crippen molar-refractivity contribution < 1.29 is 28.6 Å². The first kappa shape index (κ1) is 72.8. The molecule has 0 saturated carbocycles. The summed E-state index contributed by atoms with van der Waals surface area (Å²) in [5.74, 6) is -0.915. The van der Waals surface area contributed by atoms with Crippen LogP contribution in [0.5, 0.6) is 0 Å². The Labute approximate surface area is 475 Å². The van der Waals surface area contributed by atoms with Crippen molar-refractivity contribution in [2.24, 2.45) is 0 Å². The van der Waals surface area contributed by atoms with Gasteiger partial charge in [-0.3, -0.25) is 14.4 Å². The Morgan fingerprint density at radius 1 is 0.273 bits per heavy atom. The standard InChI is InChI=1S/C71H118O6/c1-4-7-10-13-16-19-22-25-28-29-30-31-32-33-34-35-36-37-38-39-40-41-42-43-44-47-49-52-55-58-61-64-70(73)76-67-68(77-71(74)65-62-59-56-53-50-46-27-24-21-18-15-12-9-6-3)66-75-69(72)63-60-57-54-51-48-45-26-23-20-17-14-11-8-5-2/h7,10,15-16,18-19,23-28,30-31,33-34,36-37,39-40,68H,4-6,8-9,11-14,17,20-22,29,32,35,38,41-67H2,1-3H3/b10-7-,18-15-,19-16-,26-23-,27-24-,28-25-,31-30-,34-33-,37-36-,40-39-. The average molecular weight is 1070 g/mol. The Morgan fingerprint density at radius 3 is 0.844 bits per heavy atom. The number of rotatable bonds is 57. The van der Waals surface area contributed by atoms with Gasteiger partial charge in [0, 0.05) is 19.3 Å². The summed E-state index contributed by atoms with van der Waals surface area (Å²) in [6, 6.07) is 0. The molecule has 0 aromatic rings. The van der Waals surface area contributed by atoms with Gasteiger partial charge in [0.1, 0.15) is 13.2 Å². The van der Waals surface area contributed by atoms with Crippen molar-refractivity contribution in [3.63, 3.8) is 0 Å². The fourth-order valence-corrected chi connectivity index (χ4v) is 8.61. The van der Waals surface area contributed by atoms with Gasteiger partial charge in [0.05, 0.1) is 0 Å². The Kier molecular flexibility index (Phi) is 60.8. The van der Waals surface area contributed by atoms with E-state index in [1.54, 1.807) is 0 Å². The second-order valence-corrected chi connectivity index (χ2v) is 20.9. The fourth-order valence-electron chi connectivity index (χ4n) is 8.61. The van der Waals surface area contributed by atoms with Gasteiger partial charge < -0.3 is 14.2 Å². The van der Waals surface area contributed by atoms with E-state index in [1.165, 1.54) is 109 Å². The topological polar surface area (TPSA) is 78.9 Å². The van der Waals surface area contributed by atoms with E-state index >= 15 is 0 Å². The second-order valence-electron chi connectivity index (χ2n) is 20.9. The minimum absolute atomic E-state index is 0.0907. The lowest BCUT2D eigenvalue weighted by atomic mass is 10.1. The molecule has 0 fully saturated rings. The molecule has 1 unspecified atom stereocenters. The van der Waals surface area contributed by atoms with Crippen molar-refractivity contribution in [1.29, 1.82) is 0 Å². The van der Waals surface area contributed by atoms with E-state index in [4.69, 9.17) is 14.2 Å². The van der Waals surface area contributed by atoms with Gasteiger partial charge >= 0.3 is 17.9 Å². The van der Waals surface area contributed by atoms with Crippen molar-refractivity contribution in [3.05, 3.63) is 122 Å². The summed E-state index contributed by atoms with van der Waals surface area (Å²) in [7, 11) is 0.